The molecule has 0 N–H and O–H groups in total. The van der Waals surface area contributed by atoms with E-state index >= 15 is 0 Å². The fourth-order valence-electron chi connectivity index (χ4n) is 7.33. The lowest BCUT2D eigenvalue weighted by atomic mass is 9.79. The number of aromatic nitrogens is 2. The van der Waals surface area contributed by atoms with Crippen LogP contribution < -0.4 is 0 Å². The van der Waals surface area contributed by atoms with E-state index in [1.165, 1.54) is 60.1 Å². The summed E-state index contributed by atoms with van der Waals surface area (Å²) in [5.41, 5.74) is 10.1. The molecule has 0 spiro atoms. The van der Waals surface area contributed by atoms with E-state index in [4.69, 9.17) is 9.97 Å². The van der Waals surface area contributed by atoms with Crippen molar-refractivity contribution in [2.24, 2.45) is 0 Å². The summed E-state index contributed by atoms with van der Waals surface area (Å²) in [5.74, 6) is 0.762. The Labute approximate surface area is 250 Å². The fraction of sp³-hybridized carbons (Fsp3) is 0.0732. The second kappa shape index (κ2) is 8.83. The van der Waals surface area contributed by atoms with Crippen LogP contribution in [0.25, 0.3) is 77.3 Å². The minimum absolute atomic E-state index is 0.273. The Bertz CT molecular complexity index is 2340. The minimum Gasteiger partial charge on any atom is -0.228 e. The molecule has 1 aromatic heterocycles. The summed E-state index contributed by atoms with van der Waals surface area (Å²) < 4.78 is 0. The Morgan fingerprint density at radius 1 is 0.465 bits per heavy atom. The molecular formula is C41H28N2. The lowest BCUT2D eigenvalue weighted by molar-refractivity contribution is 0.658. The first-order chi connectivity index (χ1) is 21.1. The molecule has 0 atom stereocenters. The van der Waals surface area contributed by atoms with Crippen LogP contribution in [0.1, 0.15) is 25.0 Å². The average Bonchev–Trinajstić information content (AvgIpc) is 3.29. The highest BCUT2D eigenvalue weighted by Crippen LogP contribution is 2.52. The maximum absolute atomic E-state index is 5.24. The van der Waals surface area contributed by atoms with E-state index < -0.39 is 0 Å². The second-order valence-corrected chi connectivity index (χ2v) is 12.2. The quantitative estimate of drug-likeness (QED) is 0.205. The number of hydrogen-bond donors (Lipinski definition) is 0. The summed E-state index contributed by atoms with van der Waals surface area (Å²) in [6, 6.07) is 48.1. The maximum Gasteiger partial charge on any atom is 0.160 e. The van der Waals surface area contributed by atoms with E-state index in [1.54, 1.807) is 0 Å². The molecule has 43 heavy (non-hydrogen) atoms. The van der Waals surface area contributed by atoms with Crippen molar-refractivity contribution in [2.45, 2.75) is 19.3 Å². The molecule has 2 heteroatoms. The molecule has 1 aliphatic carbocycles. The van der Waals surface area contributed by atoms with E-state index in [0.29, 0.717) is 0 Å². The first kappa shape index (κ1) is 24.3. The number of benzene rings is 7. The van der Waals surface area contributed by atoms with Crippen LogP contribution in [0.2, 0.25) is 0 Å². The molecule has 0 fully saturated rings. The van der Waals surface area contributed by atoms with Crippen molar-refractivity contribution in [2.75, 3.05) is 0 Å². The topological polar surface area (TPSA) is 25.8 Å². The summed E-state index contributed by atoms with van der Waals surface area (Å²) in [4.78, 5) is 10.5. The van der Waals surface area contributed by atoms with Crippen molar-refractivity contribution in [1.82, 2.24) is 9.97 Å². The summed E-state index contributed by atoms with van der Waals surface area (Å²) in [5, 5.41) is 7.86. The molecule has 1 heterocycles. The van der Waals surface area contributed by atoms with Crippen LogP contribution in [-0.2, 0) is 5.41 Å². The van der Waals surface area contributed by atoms with Gasteiger partial charge in [0.1, 0.15) is 0 Å². The smallest absolute Gasteiger partial charge is 0.160 e. The highest BCUT2D eigenvalue weighted by Gasteiger charge is 2.40. The first-order valence-electron chi connectivity index (χ1n) is 14.9. The standard InChI is InChI=1S/C41H28N2/c1-41(2)34-24-30(31-21-18-27-17-16-25-14-9-15-26-19-22-32(31)36(27)35(25)26)20-23-33(34)39-37(41)38(28-10-5-3-6-11-28)42-40(43-39)29-12-7-4-8-13-29/h3-24H,1-2H3. The van der Waals surface area contributed by atoms with Gasteiger partial charge in [0.2, 0.25) is 0 Å². The zero-order chi connectivity index (χ0) is 28.7. The molecule has 0 radical (unpaired) electrons. The summed E-state index contributed by atoms with van der Waals surface area (Å²) >= 11 is 0. The monoisotopic (exact) mass is 548 g/mol. The number of hydrogen-bond acceptors (Lipinski definition) is 2. The lowest BCUT2D eigenvalue weighted by Crippen LogP contribution is -2.17. The van der Waals surface area contributed by atoms with Crippen LogP contribution in [0.4, 0.5) is 0 Å². The number of fused-ring (bicyclic) bond motifs is 3. The van der Waals surface area contributed by atoms with Gasteiger partial charge in [-0.2, -0.15) is 0 Å². The third-order valence-electron chi connectivity index (χ3n) is 9.40. The first-order valence-corrected chi connectivity index (χ1v) is 14.9. The molecular weight excluding hydrogens is 520 g/mol. The van der Waals surface area contributed by atoms with E-state index in [1.807, 2.05) is 6.07 Å². The second-order valence-electron chi connectivity index (χ2n) is 12.2. The fourth-order valence-corrected chi connectivity index (χ4v) is 7.33. The van der Waals surface area contributed by atoms with Gasteiger partial charge in [-0.25, -0.2) is 9.97 Å². The predicted octanol–water partition coefficient (Wildman–Crippen LogP) is 10.7. The van der Waals surface area contributed by atoms with E-state index in [0.717, 1.165) is 28.3 Å². The number of rotatable bonds is 3. The van der Waals surface area contributed by atoms with E-state index in [-0.39, 0.29) is 5.41 Å². The van der Waals surface area contributed by atoms with E-state index in [2.05, 4.69) is 141 Å². The molecule has 7 aromatic carbocycles. The molecule has 0 saturated heterocycles. The van der Waals surface area contributed by atoms with Gasteiger partial charge in [0.15, 0.2) is 5.82 Å². The Hall–Kier alpha value is -5.34. The SMILES string of the molecule is CC1(C)c2cc(-c3ccc4ccc5cccc6ccc3c4c56)ccc2-c2nc(-c3ccccc3)nc(-c3ccccc3)c21. The zero-order valence-corrected chi connectivity index (χ0v) is 24.1. The van der Waals surface area contributed by atoms with Crippen LogP contribution in [-0.4, -0.2) is 9.97 Å². The third-order valence-corrected chi connectivity index (χ3v) is 9.40. The van der Waals surface area contributed by atoms with E-state index in [9.17, 15) is 0 Å². The van der Waals surface area contributed by atoms with Crippen LogP contribution in [0.5, 0.6) is 0 Å². The molecule has 1 aliphatic rings. The molecule has 0 amide bonds. The Kier molecular flexibility index (Phi) is 4.99. The van der Waals surface area contributed by atoms with Crippen LogP contribution in [0, 0.1) is 0 Å². The van der Waals surface area contributed by atoms with Gasteiger partial charge in [0.05, 0.1) is 11.4 Å². The molecule has 0 bridgehead atoms. The highest BCUT2D eigenvalue weighted by molar-refractivity contribution is 6.25. The molecule has 0 aliphatic heterocycles. The van der Waals surface area contributed by atoms with Gasteiger partial charge in [-0.15, -0.1) is 0 Å². The van der Waals surface area contributed by atoms with Gasteiger partial charge in [0, 0.05) is 27.7 Å². The Morgan fingerprint density at radius 3 is 1.81 bits per heavy atom. The van der Waals surface area contributed by atoms with Crippen LogP contribution >= 0.6 is 0 Å². The molecule has 9 rings (SSSR count). The van der Waals surface area contributed by atoms with Gasteiger partial charge >= 0.3 is 0 Å². The van der Waals surface area contributed by atoms with Crippen molar-refractivity contribution >= 4 is 32.3 Å². The molecule has 2 nitrogen and oxygen atoms in total. The molecule has 0 unspecified atom stereocenters. The summed E-state index contributed by atoms with van der Waals surface area (Å²) in [6.45, 7) is 4.65. The Balaban J connectivity index is 1.28. The summed E-state index contributed by atoms with van der Waals surface area (Å²) in [6.07, 6.45) is 0. The van der Waals surface area contributed by atoms with Gasteiger partial charge in [-0.05, 0) is 55.1 Å². The Morgan fingerprint density at radius 2 is 1.07 bits per heavy atom. The highest BCUT2D eigenvalue weighted by atomic mass is 14.9. The molecule has 8 aromatic rings. The van der Waals surface area contributed by atoms with Crippen molar-refractivity contribution in [1.29, 1.82) is 0 Å². The van der Waals surface area contributed by atoms with Gasteiger partial charge < -0.3 is 0 Å². The lowest BCUT2D eigenvalue weighted by Gasteiger charge is -2.24. The van der Waals surface area contributed by atoms with Crippen LogP contribution in [0.15, 0.2) is 133 Å². The summed E-state index contributed by atoms with van der Waals surface area (Å²) in [7, 11) is 0. The predicted molar refractivity (Wildman–Crippen MR) is 180 cm³/mol. The van der Waals surface area contributed by atoms with Gasteiger partial charge in [0.25, 0.3) is 0 Å². The van der Waals surface area contributed by atoms with Gasteiger partial charge in [-0.3, -0.25) is 0 Å². The van der Waals surface area contributed by atoms with Crippen molar-refractivity contribution < 1.29 is 0 Å². The van der Waals surface area contributed by atoms with Crippen molar-refractivity contribution in [3.63, 3.8) is 0 Å². The van der Waals surface area contributed by atoms with Crippen LogP contribution in [0.3, 0.4) is 0 Å². The zero-order valence-electron chi connectivity index (χ0n) is 24.1. The van der Waals surface area contributed by atoms with Crippen molar-refractivity contribution in [3.8, 4) is 45.0 Å². The molecule has 0 saturated carbocycles. The normalized spacial score (nSPS) is 13.5. The van der Waals surface area contributed by atoms with Gasteiger partial charge in [-0.1, -0.05) is 141 Å². The minimum atomic E-state index is -0.273. The molecule has 202 valence electrons. The average molecular weight is 549 g/mol. The third kappa shape index (κ3) is 3.47. The largest absolute Gasteiger partial charge is 0.228 e. The maximum atomic E-state index is 5.24. The van der Waals surface area contributed by atoms with Crippen molar-refractivity contribution in [3.05, 3.63) is 145 Å². The number of nitrogens with zero attached hydrogens (tertiary/aromatic N) is 2.